The van der Waals surface area contributed by atoms with E-state index >= 15 is 0 Å². The van der Waals surface area contributed by atoms with Crippen LogP contribution in [-0.2, 0) is 14.3 Å². The van der Waals surface area contributed by atoms with Crippen LogP contribution < -0.4 is 10.6 Å². The van der Waals surface area contributed by atoms with E-state index in [2.05, 4.69) is 34.9 Å². The van der Waals surface area contributed by atoms with Crippen molar-refractivity contribution in [2.75, 3.05) is 13.2 Å². The highest BCUT2D eigenvalue weighted by Gasteiger charge is 2.29. The maximum Gasteiger partial charge on any atom is 0.407 e. The van der Waals surface area contributed by atoms with Crippen molar-refractivity contribution in [1.29, 1.82) is 0 Å². The van der Waals surface area contributed by atoms with Crippen molar-refractivity contribution in [1.82, 2.24) is 10.6 Å². The highest BCUT2D eigenvalue weighted by atomic mass is 16.5. The Hall–Kier alpha value is -3.35. The summed E-state index contributed by atoms with van der Waals surface area (Å²) in [4.78, 5) is 35.0. The molecule has 0 fully saturated rings. The molecule has 34 heavy (non-hydrogen) atoms. The summed E-state index contributed by atoms with van der Waals surface area (Å²) in [5, 5.41) is 14.5. The lowest BCUT2D eigenvalue weighted by atomic mass is 9.98. The van der Waals surface area contributed by atoms with Gasteiger partial charge in [0.2, 0.25) is 5.91 Å². The summed E-state index contributed by atoms with van der Waals surface area (Å²) < 4.78 is 5.52. The Kier molecular flexibility index (Phi) is 8.68. The van der Waals surface area contributed by atoms with Gasteiger partial charge in [0.15, 0.2) is 0 Å². The monoisotopic (exact) mass is 466 g/mol. The van der Waals surface area contributed by atoms with E-state index in [1.165, 1.54) is 22.3 Å². The van der Waals surface area contributed by atoms with Crippen LogP contribution in [0.25, 0.3) is 11.1 Å². The van der Waals surface area contributed by atoms with Crippen LogP contribution >= 0.6 is 0 Å². The number of rotatable bonds is 12. The number of unbranched alkanes of at least 4 members (excludes halogenated alkanes) is 2. The van der Waals surface area contributed by atoms with Gasteiger partial charge in [0.05, 0.1) is 0 Å². The number of alkyl carbamates (subject to hydrolysis) is 1. The Morgan fingerprint density at radius 1 is 0.912 bits per heavy atom. The molecule has 2 aromatic carbocycles. The lowest BCUT2D eigenvalue weighted by Crippen LogP contribution is -2.43. The molecule has 2 aromatic rings. The van der Waals surface area contributed by atoms with Gasteiger partial charge in [-0.2, -0.15) is 0 Å². The first-order valence-corrected chi connectivity index (χ1v) is 11.9. The molecule has 7 nitrogen and oxygen atoms in total. The van der Waals surface area contributed by atoms with Crippen molar-refractivity contribution in [2.45, 2.75) is 63.8 Å². The van der Waals surface area contributed by atoms with Gasteiger partial charge in [-0.1, -0.05) is 55.0 Å². The van der Waals surface area contributed by atoms with E-state index in [-0.39, 0.29) is 24.9 Å². The van der Waals surface area contributed by atoms with Crippen LogP contribution in [0.2, 0.25) is 0 Å². The van der Waals surface area contributed by atoms with Crippen molar-refractivity contribution < 1.29 is 24.2 Å². The molecule has 7 heteroatoms. The first-order chi connectivity index (χ1) is 16.3. The Labute approximate surface area is 200 Å². The number of fused-ring (bicyclic) bond motifs is 3. The smallest absolute Gasteiger partial charge is 0.407 e. The Morgan fingerprint density at radius 3 is 2.15 bits per heavy atom. The number of aliphatic carboxylic acids is 1. The Morgan fingerprint density at radius 2 is 1.53 bits per heavy atom. The molecule has 2 amide bonds. The third-order valence-electron chi connectivity index (χ3n) is 6.14. The summed E-state index contributed by atoms with van der Waals surface area (Å²) in [6.07, 6.45) is 2.61. The van der Waals surface area contributed by atoms with Gasteiger partial charge in [-0.3, -0.25) is 9.59 Å². The minimum Gasteiger partial charge on any atom is -0.481 e. The second-order valence-corrected chi connectivity index (χ2v) is 9.39. The topological polar surface area (TPSA) is 105 Å². The summed E-state index contributed by atoms with van der Waals surface area (Å²) in [5.41, 5.74) is 4.21. The fraction of sp³-hybridized carbons (Fsp3) is 0.444. The van der Waals surface area contributed by atoms with Gasteiger partial charge in [-0.05, 0) is 55.4 Å². The van der Waals surface area contributed by atoms with E-state index < -0.39 is 17.6 Å². The third-order valence-corrected chi connectivity index (χ3v) is 6.14. The predicted octanol–water partition coefficient (Wildman–Crippen LogP) is 4.85. The van der Waals surface area contributed by atoms with E-state index in [9.17, 15) is 14.4 Å². The highest BCUT2D eigenvalue weighted by molar-refractivity contribution is 5.79. The van der Waals surface area contributed by atoms with Crippen LogP contribution in [0.4, 0.5) is 4.79 Å². The summed E-state index contributed by atoms with van der Waals surface area (Å²) in [7, 11) is 0. The molecular weight excluding hydrogens is 432 g/mol. The standard InChI is InChI=1S/C27H34N2O5/c1-27(2,16-15-25(31)32)29-24(30)14-4-3-9-17-28-26(33)34-18-23-21-12-7-5-10-19(21)20-11-6-8-13-22(20)23/h5-8,10-13,23H,3-4,9,14-18H2,1-2H3,(H,28,33)(H,29,30)(H,31,32). The van der Waals surface area contributed by atoms with Gasteiger partial charge in [0.25, 0.3) is 0 Å². The summed E-state index contributed by atoms with van der Waals surface area (Å²) >= 11 is 0. The largest absolute Gasteiger partial charge is 0.481 e. The van der Waals surface area contributed by atoms with Crippen LogP contribution in [0.3, 0.4) is 0 Å². The number of carboxylic acids is 1. The number of hydrogen-bond acceptors (Lipinski definition) is 4. The third kappa shape index (κ3) is 7.07. The van der Waals surface area contributed by atoms with E-state index in [0.29, 0.717) is 25.8 Å². The van der Waals surface area contributed by atoms with Gasteiger partial charge < -0.3 is 20.5 Å². The van der Waals surface area contributed by atoms with Gasteiger partial charge in [-0.15, -0.1) is 0 Å². The quantitative estimate of drug-likeness (QED) is 0.388. The number of benzene rings is 2. The molecule has 0 heterocycles. The number of ether oxygens (including phenoxy) is 1. The molecule has 182 valence electrons. The minimum atomic E-state index is -0.869. The van der Waals surface area contributed by atoms with Crippen LogP contribution in [0.1, 0.15) is 69.4 Å². The number of carbonyl (C=O) groups is 3. The molecule has 0 radical (unpaired) electrons. The molecule has 0 unspecified atom stereocenters. The summed E-state index contributed by atoms with van der Waals surface area (Å²) in [6.45, 7) is 4.43. The highest BCUT2D eigenvalue weighted by Crippen LogP contribution is 2.44. The number of carbonyl (C=O) groups excluding carboxylic acids is 2. The summed E-state index contributed by atoms with van der Waals surface area (Å²) in [6, 6.07) is 16.4. The lowest BCUT2D eigenvalue weighted by molar-refractivity contribution is -0.137. The normalized spacial score (nSPS) is 12.5. The number of amides is 2. The Bertz CT molecular complexity index is 972. The van der Waals surface area contributed by atoms with E-state index in [1.807, 2.05) is 38.1 Å². The van der Waals surface area contributed by atoms with Crippen LogP contribution in [-0.4, -0.2) is 41.8 Å². The zero-order valence-electron chi connectivity index (χ0n) is 19.9. The molecule has 3 N–H and O–H groups in total. The van der Waals surface area contributed by atoms with Crippen molar-refractivity contribution in [2.24, 2.45) is 0 Å². The second-order valence-electron chi connectivity index (χ2n) is 9.39. The second kappa shape index (κ2) is 11.7. The first kappa shape index (κ1) is 25.3. The van der Waals surface area contributed by atoms with E-state index in [4.69, 9.17) is 9.84 Å². The molecule has 0 saturated carbocycles. The molecule has 3 rings (SSSR count). The van der Waals surface area contributed by atoms with E-state index in [1.54, 1.807) is 0 Å². The van der Waals surface area contributed by atoms with Crippen molar-refractivity contribution >= 4 is 18.0 Å². The van der Waals surface area contributed by atoms with Gasteiger partial charge >= 0.3 is 12.1 Å². The van der Waals surface area contributed by atoms with Crippen molar-refractivity contribution in [3.63, 3.8) is 0 Å². The van der Waals surface area contributed by atoms with Crippen LogP contribution in [0.5, 0.6) is 0 Å². The lowest BCUT2D eigenvalue weighted by Gasteiger charge is -2.25. The van der Waals surface area contributed by atoms with Gasteiger partial charge in [0.1, 0.15) is 6.61 Å². The number of hydrogen-bond donors (Lipinski definition) is 3. The van der Waals surface area contributed by atoms with Gasteiger partial charge in [0, 0.05) is 30.8 Å². The van der Waals surface area contributed by atoms with Crippen molar-refractivity contribution in [3.05, 3.63) is 59.7 Å². The molecule has 0 bridgehead atoms. The van der Waals surface area contributed by atoms with Crippen LogP contribution in [0, 0.1) is 0 Å². The maximum absolute atomic E-state index is 12.2. The fourth-order valence-corrected chi connectivity index (χ4v) is 4.35. The van der Waals surface area contributed by atoms with Crippen LogP contribution in [0.15, 0.2) is 48.5 Å². The maximum atomic E-state index is 12.2. The van der Waals surface area contributed by atoms with E-state index in [0.717, 1.165) is 12.8 Å². The molecule has 0 aliphatic heterocycles. The van der Waals surface area contributed by atoms with Crippen molar-refractivity contribution in [3.8, 4) is 11.1 Å². The minimum absolute atomic E-state index is 0.0226. The van der Waals surface area contributed by atoms with Gasteiger partial charge in [-0.25, -0.2) is 4.79 Å². The SMILES string of the molecule is CC(C)(CCC(=O)O)NC(=O)CCCCCNC(=O)OCC1c2ccccc2-c2ccccc21. The zero-order valence-corrected chi connectivity index (χ0v) is 19.9. The molecule has 0 aromatic heterocycles. The first-order valence-electron chi connectivity index (χ1n) is 11.9. The molecule has 0 atom stereocenters. The predicted molar refractivity (Wildman–Crippen MR) is 131 cm³/mol. The average molecular weight is 467 g/mol. The molecular formula is C27H34N2O5. The average Bonchev–Trinajstić information content (AvgIpc) is 3.12. The Balaban J connectivity index is 1.32. The molecule has 1 aliphatic rings. The molecule has 0 spiro atoms. The molecule has 1 aliphatic carbocycles. The summed E-state index contributed by atoms with van der Waals surface area (Å²) in [5.74, 6) is -0.914. The zero-order chi connectivity index (χ0) is 24.6. The fourth-order valence-electron chi connectivity index (χ4n) is 4.35. The number of carboxylic acid groups (broad SMARTS) is 1. The molecule has 0 saturated heterocycles. The number of nitrogens with one attached hydrogen (secondary N) is 2.